The second kappa shape index (κ2) is 4.82. The van der Waals surface area contributed by atoms with Crippen molar-refractivity contribution in [2.75, 3.05) is 0 Å². The number of fused-ring (bicyclic) bond motifs is 3. The summed E-state index contributed by atoms with van der Waals surface area (Å²) in [6.45, 7) is 7.13. The molecule has 0 aromatic carbocycles. The van der Waals surface area contributed by atoms with Crippen molar-refractivity contribution in [1.29, 1.82) is 0 Å². The van der Waals surface area contributed by atoms with Crippen LogP contribution in [0.4, 0.5) is 0 Å². The molecule has 3 aliphatic rings. The fraction of sp³-hybridized carbons (Fsp3) is 0.833. The molecule has 3 aliphatic carbocycles. The van der Waals surface area contributed by atoms with Gasteiger partial charge in [-0.15, -0.1) is 0 Å². The minimum absolute atomic E-state index is 0.0854. The van der Waals surface area contributed by atoms with Crippen molar-refractivity contribution < 1.29 is 4.79 Å². The largest absolute Gasteiger partial charge is 0.303 e. The summed E-state index contributed by atoms with van der Waals surface area (Å²) in [6.07, 6.45) is 12.5. The zero-order chi connectivity index (χ0) is 14.6. The predicted octanol–water partition coefficient (Wildman–Crippen LogP) is 5.32. The molecule has 0 bridgehead atoms. The summed E-state index contributed by atoms with van der Waals surface area (Å²) in [5.41, 5.74) is 1.91. The molecule has 0 aromatic rings. The van der Waals surface area contributed by atoms with E-state index in [1.165, 1.54) is 44.8 Å². The van der Waals surface area contributed by atoms with E-state index in [0.717, 1.165) is 12.3 Å². The van der Waals surface area contributed by atoms with Crippen LogP contribution in [0.25, 0.3) is 0 Å². The number of allylic oxidation sites excluding steroid dienone is 2. The highest BCUT2D eigenvalue weighted by Crippen LogP contribution is 2.64. The van der Waals surface area contributed by atoms with Crippen LogP contribution in [0.3, 0.4) is 0 Å². The van der Waals surface area contributed by atoms with Crippen molar-refractivity contribution in [2.45, 2.75) is 69.1 Å². The number of hydrogen-bond acceptors (Lipinski definition) is 1. The molecule has 20 heavy (non-hydrogen) atoms. The molecule has 2 saturated carbocycles. The monoisotopic (exact) mass is 386 g/mol. The van der Waals surface area contributed by atoms with Crippen molar-refractivity contribution in [1.82, 2.24) is 0 Å². The summed E-state index contributed by atoms with van der Waals surface area (Å²) in [7, 11) is 0. The Kier molecular flexibility index (Phi) is 3.63. The second-order valence-electron chi connectivity index (χ2n) is 8.05. The SMILES string of the molecule is C[C@]1(I)CCC=C2C1CCC1[C@@]2(C)CCC[C@@]1(C)C=O. The molecule has 2 unspecified atom stereocenters. The molecule has 0 aromatic heterocycles. The predicted molar refractivity (Wildman–Crippen MR) is 92.1 cm³/mol. The highest BCUT2D eigenvalue weighted by atomic mass is 127. The lowest BCUT2D eigenvalue weighted by molar-refractivity contribution is -0.126. The Balaban J connectivity index is 2.03. The van der Waals surface area contributed by atoms with Crippen molar-refractivity contribution >= 4 is 28.9 Å². The first kappa shape index (κ1) is 15.1. The molecule has 2 heteroatoms. The first-order valence-electron chi connectivity index (χ1n) is 8.19. The lowest BCUT2D eigenvalue weighted by Crippen LogP contribution is -2.52. The molecule has 1 nitrogen and oxygen atoms in total. The third-order valence-electron chi connectivity index (χ3n) is 6.75. The van der Waals surface area contributed by atoms with E-state index in [4.69, 9.17) is 0 Å². The quantitative estimate of drug-likeness (QED) is 0.258. The zero-order valence-corrected chi connectivity index (χ0v) is 15.2. The summed E-state index contributed by atoms with van der Waals surface area (Å²) in [5.74, 6) is 1.31. The fourth-order valence-electron chi connectivity index (χ4n) is 5.62. The number of rotatable bonds is 1. The summed E-state index contributed by atoms with van der Waals surface area (Å²) in [4.78, 5) is 11.7. The molecule has 0 amide bonds. The first-order valence-corrected chi connectivity index (χ1v) is 9.27. The van der Waals surface area contributed by atoms with Gasteiger partial charge in [-0.2, -0.15) is 0 Å². The van der Waals surface area contributed by atoms with Crippen LogP contribution in [0.1, 0.15) is 65.7 Å². The normalized spacial score (nSPS) is 51.7. The minimum Gasteiger partial charge on any atom is -0.303 e. The lowest BCUT2D eigenvalue weighted by atomic mass is 9.46. The molecule has 0 saturated heterocycles. The topological polar surface area (TPSA) is 17.1 Å². The Bertz CT molecular complexity index is 452. The summed E-state index contributed by atoms with van der Waals surface area (Å²) >= 11 is 2.70. The summed E-state index contributed by atoms with van der Waals surface area (Å²) < 4.78 is 0.421. The van der Waals surface area contributed by atoms with Gasteiger partial charge in [0.05, 0.1) is 0 Å². The van der Waals surface area contributed by atoms with E-state index in [9.17, 15) is 4.79 Å². The molecule has 0 spiro atoms. The van der Waals surface area contributed by atoms with Gasteiger partial charge in [-0.3, -0.25) is 0 Å². The van der Waals surface area contributed by atoms with E-state index in [1.54, 1.807) is 5.57 Å². The molecule has 3 rings (SSSR count). The van der Waals surface area contributed by atoms with Crippen LogP contribution in [0.2, 0.25) is 0 Å². The number of halogens is 1. The van der Waals surface area contributed by atoms with Crippen LogP contribution in [-0.2, 0) is 4.79 Å². The number of carbonyl (C=O) groups excluding carboxylic acids is 1. The smallest absolute Gasteiger partial charge is 0.126 e. The molecule has 0 N–H and O–H groups in total. The number of carbonyl (C=O) groups is 1. The van der Waals surface area contributed by atoms with Gasteiger partial charge in [-0.05, 0) is 62.7 Å². The van der Waals surface area contributed by atoms with E-state index in [0.29, 0.717) is 9.34 Å². The molecule has 0 heterocycles. The van der Waals surface area contributed by atoms with Crippen molar-refractivity contribution in [3.05, 3.63) is 11.6 Å². The van der Waals surface area contributed by atoms with Gasteiger partial charge in [0.15, 0.2) is 0 Å². The van der Waals surface area contributed by atoms with Crippen LogP contribution in [0, 0.1) is 22.7 Å². The third-order valence-corrected chi connectivity index (χ3v) is 8.04. The molecule has 0 aliphatic heterocycles. The highest BCUT2D eigenvalue weighted by molar-refractivity contribution is 14.1. The second-order valence-corrected chi connectivity index (χ2v) is 10.5. The lowest BCUT2D eigenvalue weighted by Gasteiger charge is -2.59. The number of aldehydes is 1. The molecular weight excluding hydrogens is 359 g/mol. The van der Waals surface area contributed by atoms with Gasteiger partial charge in [-0.25, -0.2) is 0 Å². The molecular formula is C18H27IO. The van der Waals surface area contributed by atoms with Gasteiger partial charge in [0.1, 0.15) is 6.29 Å². The van der Waals surface area contributed by atoms with Gasteiger partial charge in [-0.1, -0.05) is 54.5 Å². The average molecular weight is 386 g/mol. The van der Waals surface area contributed by atoms with E-state index >= 15 is 0 Å². The number of alkyl halides is 1. The molecule has 112 valence electrons. The van der Waals surface area contributed by atoms with E-state index < -0.39 is 0 Å². The van der Waals surface area contributed by atoms with E-state index in [-0.39, 0.29) is 10.8 Å². The van der Waals surface area contributed by atoms with Crippen LogP contribution >= 0.6 is 22.6 Å². The van der Waals surface area contributed by atoms with Crippen molar-refractivity contribution in [3.8, 4) is 0 Å². The van der Waals surface area contributed by atoms with Crippen molar-refractivity contribution in [2.24, 2.45) is 22.7 Å². The first-order chi connectivity index (χ1) is 9.33. The van der Waals surface area contributed by atoms with E-state index in [2.05, 4.69) is 49.4 Å². The van der Waals surface area contributed by atoms with Gasteiger partial charge in [0, 0.05) is 8.84 Å². The summed E-state index contributed by atoms with van der Waals surface area (Å²) in [6, 6.07) is 0. The Labute approximate surface area is 137 Å². The van der Waals surface area contributed by atoms with Gasteiger partial charge >= 0.3 is 0 Å². The molecule has 0 radical (unpaired) electrons. The molecule has 2 fully saturated rings. The highest BCUT2D eigenvalue weighted by Gasteiger charge is 2.56. The van der Waals surface area contributed by atoms with Gasteiger partial charge in [0.2, 0.25) is 0 Å². The van der Waals surface area contributed by atoms with Crippen LogP contribution in [-0.4, -0.2) is 9.71 Å². The van der Waals surface area contributed by atoms with Crippen LogP contribution in [0.5, 0.6) is 0 Å². The standard InChI is InChI=1S/C18H27IO/c1-16(12-20)9-5-10-17(2)13-6-4-11-18(3,19)14(13)7-8-15(16)17/h6,12,14-15H,4-5,7-11H2,1-3H3/t14?,15?,16-,17-,18-/m0/s1. The van der Waals surface area contributed by atoms with Crippen molar-refractivity contribution in [3.63, 3.8) is 0 Å². The maximum Gasteiger partial charge on any atom is 0.126 e. The van der Waals surface area contributed by atoms with Gasteiger partial charge < -0.3 is 4.79 Å². The Morgan fingerprint density at radius 3 is 2.65 bits per heavy atom. The third kappa shape index (κ3) is 2.04. The minimum atomic E-state index is -0.0854. The fourth-order valence-corrected chi connectivity index (χ4v) is 6.58. The van der Waals surface area contributed by atoms with Gasteiger partial charge in [0.25, 0.3) is 0 Å². The maximum atomic E-state index is 11.7. The Morgan fingerprint density at radius 1 is 1.20 bits per heavy atom. The maximum absolute atomic E-state index is 11.7. The zero-order valence-electron chi connectivity index (χ0n) is 13.0. The molecule has 5 atom stereocenters. The Hall–Kier alpha value is 0.140. The summed E-state index contributed by atoms with van der Waals surface area (Å²) in [5, 5.41) is 0. The number of hydrogen-bond donors (Lipinski definition) is 0. The van der Waals surface area contributed by atoms with E-state index in [1.807, 2.05) is 0 Å². The average Bonchev–Trinajstić information content (AvgIpc) is 2.39. The Morgan fingerprint density at radius 2 is 1.95 bits per heavy atom. The van der Waals surface area contributed by atoms with Crippen LogP contribution < -0.4 is 0 Å². The van der Waals surface area contributed by atoms with Crippen LogP contribution in [0.15, 0.2) is 11.6 Å².